The second-order valence-corrected chi connectivity index (χ2v) is 7.32. The van der Waals surface area contributed by atoms with Crippen LogP contribution < -0.4 is 5.73 Å². The third-order valence-electron chi connectivity index (χ3n) is 3.62. The van der Waals surface area contributed by atoms with Crippen LogP contribution in [0.1, 0.15) is 33.9 Å². The number of carbonyl (C=O) groups is 1. The Labute approximate surface area is 154 Å². The molecule has 0 aliphatic heterocycles. The molecule has 1 aromatic carbocycles. The summed E-state index contributed by atoms with van der Waals surface area (Å²) >= 11 is 5.00. The van der Waals surface area contributed by atoms with Crippen molar-refractivity contribution in [2.75, 3.05) is 6.54 Å². The van der Waals surface area contributed by atoms with E-state index in [1.54, 1.807) is 0 Å². The molecule has 1 aromatic heterocycles. The van der Waals surface area contributed by atoms with Crippen LogP contribution in [-0.2, 0) is 13.0 Å². The number of amides is 1. The third-order valence-corrected chi connectivity index (χ3v) is 5.02. The molecule has 1 heterocycles. The summed E-state index contributed by atoms with van der Waals surface area (Å²) in [6, 6.07) is 8.45. The van der Waals surface area contributed by atoms with Gasteiger partial charge >= 0.3 is 0 Å². The molecule has 0 bridgehead atoms. The second-order valence-electron chi connectivity index (χ2n) is 5.46. The first kappa shape index (κ1) is 18.4. The van der Waals surface area contributed by atoms with Gasteiger partial charge in [0.05, 0.1) is 5.01 Å². The molecule has 0 radical (unpaired) electrons. The Morgan fingerprint density at radius 2 is 2.22 bits per heavy atom. The van der Waals surface area contributed by atoms with Gasteiger partial charge in [-0.05, 0) is 37.1 Å². The Hall–Kier alpha value is -0.950. The summed E-state index contributed by atoms with van der Waals surface area (Å²) in [5, 5.41) is 2.79. The predicted octanol–water partition coefficient (Wildman–Crippen LogP) is 3.63. The van der Waals surface area contributed by atoms with Gasteiger partial charge in [0.15, 0.2) is 0 Å². The lowest BCUT2D eigenvalue weighted by Gasteiger charge is -2.21. The minimum absolute atomic E-state index is 0. The first-order chi connectivity index (χ1) is 10.7. The molecule has 3 rings (SSSR count). The van der Waals surface area contributed by atoms with Gasteiger partial charge in [0.25, 0.3) is 5.91 Å². The van der Waals surface area contributed by atoms with E-state index in [0.717, 1.165) is 34.3 Å². The Morgan fingerprint density at radius 1 is 1.43 bits per heavy atom. The maximum atomic E-state index is 12.8. The molecule has 0 spiro atoms. The fraction of sp³-hybridized carbons (Fsp3) is 0.375. The summed E-state index contributed by atoms with van der Waals surface area (Å²) in [5.74, 6) is 0.0296. The second kappa shape index (κ2) is 8.24. The van der Waals surface area contributed by atoms with Crippen molar-refractivity contribution in [2.45, 2.75) is 31.8 Å². The molecule has 0 saturated heterocycles. The van der Waals surface area contributed by atoms with Crippen molar-refractivity contribution in [1.29, 1.82) is 0 Å². The van der Waals surface area contributed by atoms with Crippen LogP contribution in [0.3, 0.4) is 0 Å². The van der Waals surface area contributed by atoms with E-state index >= 15 is 0 Å². The fourth-order valence-electron chi connectivity index (χ4n) is 2.38. The first-order valence-corrected chi connectivity index (χ1v) is 9.04. The van der Waals surface area contributed by atoms with Gasteiger partial charge in [-0.25, -0.2) is 4.98 Å². The van der Waals surface area contributed by atoms with Crippen molar-refractivity contribution in [1.82, 2.24) is 9.88 Å². The van der Waals surface area contributed by atoms with Crippen molar-refractivity contribution in [2.24, 2.45) is 5.73 Å². The van der Waals surface area contributed by atoms with E-state index in [-0.39, 0.29) is 18.3 Å². The number of aromatic nitrogens is 1. The molecule has 1 amide bonds. The monoisotopic (exact) mass is 415 g/mol. The summed E-state index contributed by atoms with van der Waals surface area (Å²) in [4.78, 5) is 19.1. The molecular formula is C16H19BrClN3OS. The van der Waals surface area contributed by atoms with Gasteiger partial charge < -0.3 is 10.6 Å². The Balaban J connectivity index is 0.00000192. The highest BCUT2D eigenvalue weighted by molar-refractivity contribution is 9.10. The van der Waals surface area contributed by atoms with Crippen LogP contribution in [0, 0.1) is 0 Å². The van der Waals surface area contributed by atoms with Crippen molar-refractivity contribution < 1.29 is 4.79 Å². The minimum atomic E-state index is 0. The van der Waals surface area contributed by atoms with Crippen LogP contribution in [0.4, 0.5) is 0 Å². The zero-order valence-corrected chi connectivity index (χ0v) is 15.8. The van der Waals surface area contributed by atoms with E-state index in [4.69, 9.17) is 5.73 Å². The quantitative estimate of drug-likeness (QED) is 0.782. The Bertz CT molecular complexity index is 675. The Kier molecular flexibility index (Phi) is 6.59. The minimum Gasteiger partial charge on any atom is -0.330 e. The van der Waals surface area contributed by atoms with E-state index in [2.05, 4.69) is 27.0 Å². The van der Waals surface area contributed by atoms with Gasteiger partial charge in [-0.1, -0.05) is 28.1 Å². The maximum Gasteiger partial charge on any atom is 0.273 e. The van der Waals surface area contributed by atoms with Gasteiger partial charge in [-0.15, -0.1) is 23.7 Å². The molecule has 1 aliphatic carbocycles. The van der Waals surface area contributed by atoms with Crippen LogP contribution >= 0.6 is 39.7 Å². The zero-order valence-electron chi connectivity index (χ0n) is 12.6. The molecule has 2 N–H and O–H groups in total. The number of rotatable bonds is 6. The fourth-order valence-corrected chi connectivity index (χ4v) is 3.61. The molecule has 124 valence electrons. The van der Waals surface area contributed by atoms with Gasteiger partial charge in [0.2, 0.25) is 0 Å². The van der Waals surface area contributed by atoms with Gasteiger partial charge in [0.1, 0.15) is 5.69 Å². The standard InChI is InChI=1S/C16H18BrN3OS.ClH/c17-12-3-1-2-11(8-12)9-20(13-4-5-13)16(21)14-10-22-15(19-14)6-7-18;/h1-3,8,10,13H,4-7,9,18H2;1H. The molecule has 23 heavy (non-hydrogen) atoms. The van der Waals surface area contributed by atoms with Gasteiger partial charge in [-0.2, -0.15) is 0 Å². The summed E-state index contributed by atoms with van der Waals surface area (Å²) in [7, 11) is 0. The number of halogens is 2. The van der Waals surface area contributed by atoms with E-state index in [1.807, 2.05) is 28.5 Å². The zero-order chi connectivity index (χ0) is 15.5. The predicted molar refractivity (Wildman–Crippen MR) is 99.2 cm³/mol. The van der Waals surface area contributed by atoms with E-state index < -0.39 is 0 Å². The van der Waals surface area contributed by atoms with E-state index in [0.29, 0.717) is 24.8 Å². The molecule has 1 saturated carbocycles. The van der Waals surface area contributed by atoms with Gasteiger partial charge in [0, 0.05) is 28.9 Å². The van der Waals surface area contributed by atoms with Gasteiger partial charge in [-0.3, -0.25) is 4.79 Å². The highest BCUT2D eigenvalue weighted by atomic mass is 79.9. The van der Waals surface area contributed by atoms with Crippen LogP contribution in [-0.4, -0.2) is 28.4 Å². The number of thiazole rings is 1. The smallest absolute Gasteiger partial charge is 0.273 e. The molecule has 2 aromatic rings. The van der Waals surface area contributed by atoms with Crippen molar-refractivity contribution in [3.05, 3.63) is 50.4 Å². The molecule has 1 aliphatic rings. The number of hydrogen-bond acceptors (Lipinski definition) is 4. The normalized spacial score (nSPS) is 13.5. The number of nitrogens with two attached hydrogens (primary N) is 1. The first-order valence-electron chi connectivity index (χ1n) is 7.37. The van der Waals surface area contributed by atoms with Crippen molar-refractivity contribution >= 4 is 45.6 Å². The number of hydrogen-bond donors (Lipinski definition) is 1. The lowest BCUT2D eigenvalue weighted by molar-refractivity contribution is 0.0724. The largest absolute Gasteiger partial charge is 0.330 e. The number of nitrogens with zero attached hydrogens (tertiary/aromatic N) is 2. The highest BCUT2D eigenvalue weighted by Gasteiger charge is 2.34. The Morgan fingerprint density at radius 3 is 2.87 bits per heavy atom. The average molecular weight is 417 g/mol. The van der Waals surface area contributed by atoms with Crippen LogP contribution in [0.2, 0.25) is 0 Å². The molecular weight excluding hydrogens is 398 g/mol. The molecule has 0 unspecified atom stereocenters. The molecule has 4 nitrogen and oxygen atoms in total. The summed E-state index contributed by atoms with van der Waals surface area (Å²) < 4.78 is 1.03. The summed E-state index contributed by atoms with van der Waals surface area (Å²) in [6.07, 6.45) is 2.89. The van der Waals surface area contributed by atoms with Crippen LogP contribution in [0.25, 0.3) is 0 Å². The third kappa shape index (κ3) is 4.76. The van der Waals surface area contributed by atoms with Crippen LogP contribution in [0.15, 0.2) is 34.1 Å². The number of benzene rings is 1. The summed E-state index contributed by atoms with van der Waals surface area (Å²) in [5.41, 5.74) is 7.23. The lowest BCUT2D eigenvalue weighted by Crippen LogP contribution is -2.32. The molecule has 0 atom stereocenters. The van der Waals surface area contributed by atoms with Crippen LogP contribution in [0.5, 0.6) is 0 Å². The van der Waals surface area contributed by atoms with Crippen molar-refractivity contribution in [3.63, 3.8) is 0 Å². The number of carbonyl (C=O) groups excluding carboxylic acids is 1. The van der Waals surface area contributed by atoms with E-state index in [1.165, 1.54) is 11.3 Å². The highest BCUT2D eigenvalue weighted by Crippen LogP contribution is 2.30. The lowest BCUT2D eigenvalue weighted by atomic mass is 10.2. The molecule has 1 fully saturated rings. The maximum absolute atomic E-state index is 12.8. The average Bonchev–Trinajstić information content (AvgIpc) is 3.24. The SMILES string of the molecule is Cl.NCCc1nc(C(=O)N(Cc2cccc(Br)c2)C2CC2)cs1. The molecule has 7 heteroatoms. The topological polar surface area (TPSA) is 59.2 Å². The summed E-state index contributed by atoms with van der Waals surface area (Å²) in [6.45, 7) is 1.19. The van der Waals surface area contributed by atoms with Crippen molar-refractivity contribution in [3.8, 4) is 0 Å². The van der Waals surface area contributed by atoms with E-state index in [9.17, 15) is 4.79 Å².